The second-order valence-corrected chi connectivity index (χ2v) is 7.02. The van der Waals surface area contributed by atoms with E-state index in [1.165, 1.54) is 21.6 Å². The molecule has 8 nitrogen and oxygen atoms in total. The van der Waals surface area contributed by atoms with E-state index in [-0.39, 0.29) is 23.2 Å². The van der Waals surface area contributed by atoms with E-state index >= 15 is 0 Å². The van der Waals surface area contributed by atoms with Gasteiger partial charge in [-0.25, -0.2) is 9.67 Å². The highest BCUT2D eigenvalue weighted by molar-refractivity contribution is 5.40. The third-order valence-electron chi connectivity index (χ3n) is 4.72. The van der Waals surface area contributed by atoms with Crippen LogP contribution in [0.25, 0.3) is 0 Å². The van der Waals surface area contributed by atoms with Crippen molar-refractivity contribution in [1.82, 2.24) is 19.3 Å². The van der Waals surface area contributed by atoms with Crippen molar-refractivity contribution < 1.29 is 0 Å². The smallest absolute Gasteiger partial charge is 0.267 e. The molecule has 0 aromatic carbocycles. The van der Waals surface area contributed by atoms with Gasteiger partial charge in [-0.3, -0.25) is 9.59 Å². The van der Waals surface area contributed by atoms with Crippen LogP contribution in [-0.2, 0) is 7.05 Å². The van der Waals surface area contributed by atoms with Gasteiger partial charge in [0.15, 0.2) is 0 Å². The zero-order valence-corrected chi connectivity index (χ0v) is 15.6. The molecule has 1 saturated heterocycles. The maximum absolute atomic E-state index is 12.0. The van der Waals surface area contributed by atoms with Crippen molar-refractivity contribution in [1.29, 1.82) is 0 Å². The summed E-state index contributed by atoms with van der Waals surface area (Å²) in [5, 5.41) is 7.83. The summed E-state index contributed by atoms with van der Waals surface area (Å²) in [6.07, 6.45) is 4.80. The van der Waals surface area contributed by atoms with Crippen LogP contribution < -0.4 is 21.3 Å². The minimum atomic E-state index is -0.0892. The van der Waals surface area contributed by atoms with Gasteiger partial charge in [-0.05, 0) is 39.2 Å². The summed E-state index contributed by atoms with van der Waals surface area (Å²) >= 11 is 0. The number of hydrogen-bond donors (Lipinski definition) is 1. The molecule has 2 aromatic rings. The molecule has 1 N–H and O–H groups in total. The van der Waals surface area contributed by atoms with Crippen LogP contribution in [0.1, 0.15) is 39.2 Å². The third kappa shape index (κ3) is 3.95. The number of aryl methyl sites for hydroxylation is 1. The number of anilines is 2. The second-order valence-electron chi connectivity index (χ2n) is 7.02. The highest BCUT2D eigenvalue weighted by Crippen LogP contribution is 2.23. The van der Waals surface area contributed by atoms with Crippen molar-refractivity contribution in [2.75, 3.05) is 23.3 Å². The Morgan fingerprint density at radius 3 is 2.77 bits per heavy atom. The van der Waals surface area contributed by atoms with Crippen LogP contribution in [0.5, 0.6) is 0 Å². The molecule has 0 aliphatic carbocycles. The number of aromatic nitrogens is 4. The van der Waals surface area contributed by atoms with Crippen LogP contribution in [-0.4, -0.2) is 38.5 Å². The fraction of sp³-hybridized carbons (Fsp3) is 0.556. The van der Waals surface area contributed by atoms with E-state index in [4.69, 9.17) is 0 Å². The van der Waals surface area contributed by atoms with E-state index in [9.17, 15) is 9.59 Å². The molecule has 0 amide bonds. The molecule has 1 fully saturated rings. The standard InChI is InChI=1S/C18H26N6O2/c1-13(2)24-17(25)8-7-16(21-24)23-9-5-4-6-14(23)11-19-15-10-18(26)22(3)12-20-15/h7-8,10,12-14,19H,4-6,9,11H2,1-3H3. The molecule has 3 heterocycles. The maximum Gasteiger partial charge on any atom is 0.267 e. The lowest BCUT2D eigenvalue weighted by Gasteiger charge is -2.37. The first-order valence-corrected chi connectivity index (χ1v) is 9.09. The summed E-state index contributed by atoms with van der Waals surface area (Å²) < 4.78 is 2.97. The van der Waals surface area contributed by atoms with Crippen molar-refractivity contribution >= 4 is 11.6 Å². The quantitative estimate of drug-likeness (QED) is 0.869. The average Bonchev–Trinajstić information content (AvgIpc) is 2.63. The first kappa shape index (κ1) is 18.2. The Labute approximate surface area is 152 Å². The SMILES string of the molecule is CC(C)n1nc(N2CCCCC2CNc2cc(=O)n(C)cn2)ccc1=O. The van der Waals surface area contributed by atoms with Crippen molar-refractivity contribution in [3.05, 3.63) is 45.2 Å². The zero-order valence-electron chi connectivity index (χ0n) is 15.6. The summed E-state index contributed by atoms with van der Waals surface area (Å²) in [5.41, 5.74) is -0.173. The predicted octanol–water partition coefficient (Wildman–Crippen LogP) is 1.39. The molecule has 26 heavy (non-hydrogen) atoms. The minimum Gasteiger partial charge on any atom is -0.368 e. The lowest BCUT2D eigenvalue weighted by Crippen LogP contribution is -2.45. The molecular formula is C18H26N6O2. The molecule has 0 radical (unpaired) electrons. The molecular weight excluding hydrogens is 332 g/mol. The Kier molecular flexibility index (Phi) is 5.39. The second kappa shape index (κ2) is 7.72. The number of nitrogens with zero attached hydrogens (tertiary/aromatic N) is 5. The van der Waals surface area contributed by atoms with Crippen LogP contribution in [0, 0.1) is 0 Å². The van der Waals surface area contributed by atoms with Crippen LogP contribution in [0.2, 0.25) is 0 Å². The Hall–Kier alpha value is -2.64. The first-order chi connectivity index (χ1) is 12.5. The predicted molar refractivity (Wildman–Crippen MR) is 102 cm³/mol. The molecule has 1 aliphatic rings. The lowest BCUT2D eigenvalue weighted by molar-refractivity contribution is 0.451. The monoisotopic (exact) mass is 358 g/mol. The van der Waals surface area contributed by atoms with Gasteiger partial charge in [0.2, 0.25) is 0 Å². The van der Waals surface area contributed by atoms with E-state index in [0.29, 0.717) is 12.4 Å². The Bertz CT molecular complexity index is 872. The van der Waals surface area contributed by atoms with Crippen molar-refractivity contribution in [3.8, 4) is 0 Å². The van der Waals surface area contributed by atoms with Gasteiger partial charge < -0.3 is 14.8 Å². The molecule has 1 aliphatic heterocycles. The average molecular weight is 358 g/mol. The van der Waals surface area contributed by atoms with Gasteiger partial charge in [0.1, 0.15) is 11.6 Å². The number of nitrogens with one attached hydrogen (secondary N) is 1. The van der Waals surface area contributed by atoms with Crippen molar-refractivity contribution in [3.63, 3.8) is 0 Å². The first-order valence-electron chi connectivity index (χ1n) is 9.09. The largest absolute Gasteiger partial charge is 0.368 e. The van der Waals surface area contributed by atoms with Gasteiger partial charge in [-0.1, -0.05) is 0 Å². The van der Waals surface area contributed by atoms with Gasteiger partial charge in [0, 0.05) is 38.3 Å². The van der Waals surface area contributed by atoms with Gasteiger partial charge in [-0.2, -0.15) is 5.10 Å². The Morgan fingerprint density at radius 2 is 2.04 bits per heavy atom. The summed E-state index contributed by atoms with van der Waals surface area (Å²) in [4.78, 5) is 30.2. The van der Waals surface area contributed by atoms with Crippen molar-refractivity contribution in [2.45, 2.75) is 45.2 Å². The van der Waals surface area contributed by atoms with Crippen LogP contribution >= 0.6 is 0 Å². The topological polar surface area (TPSA) is 85.1 Å². The number of hydrogen-bond acceptors (Lipinski definition) is 6. The Morgan fingerprint density at radius 1 is 1.23 bits per heavy atom. The van der Waals surface area contributed by atoms with E-state index in [0.717, 1.165) is 31.6 Å². The molecule has 2 aromatic heterocycles. The number of piperidine rings is 1. The summed E-state index contributed by atoms with van der Waals surface area (Å²) in [5.74, 6) is 1.40. The molecule has 0 bridgehead atoms. The lowest BCUT2D eigenvalue weighted by atomic mass is 10.0. The summed E-state index contributed by atoms with van der Waals surface area (Å²) in [6, 6.07) is 5.15. The summed E-state index contributed by atoms with van der Waals surface area (Å²) in [6.45, 7) is 5.48. The fourth-order valence-corrected chi connectivity index (χ4v) is 3.23. The van der Waals surface area contributed by atoms with Gasteiger partial charge in [0.25, 0.3) is 11.1 Å². The highest BCUT2D eigenvalue weighted by Gasteiger charge is 2.24. The molecule has 140 valence electrons. The van der Waals surface area contributed by atoms with E-state index < -0.39 is 0 Å². The molecule has 1 atom stereocenters. The van der Waals surface area contributed by atoms with Crippen LogP contribution in [0.15, 0.2) is 34.1 Å². The molecule has 0 saturated carbocycles. The molecule has 3 rings (SSSR count). The van der Waals surface area contributed by atoms with E-state index in [1.54, 1.807) is 19.2 Å². The molecule has 0 spiro atoms. The highest BCUT2D eigenvalue weighted by atomic mass is 16.1. The van der Waals surface area contributed by atoms with E-state index in [1.807, 2.05) is 13.8 Å². The fourth-order valence-electron chi connectivity index (χ4n) is 3.23. The summed E-state index contributed by atoms with van der Waals surface area (Å²) in [7, 11) is 1.68. The van der Waals surface area contributed by atoms with Crippen LogP contribution in [0.3, 0.4) is 0 Å². The zero-order chi connectivity index (χ0) is 18.7. The molecule has 8 heteroatoms. The minimum absolute atomic E-state index is 0.0218. The third-order valence-corrected chi connectivity index (χ3v) is 4.72. The Balaban J connectivity index is 1.77. The van der Waals surface area contributed by atoms with Gasteiger partial charge >= 0.3 is 0 Å². The van der Waals surface area contributed by atoms with Crippen LogP contribution in [0.4, 0.5) is 11.6 Å². The number of rotatable bonds is 5. The maximum atomic E-state index is 12.0. The van der Waals surface area contributed by atoms with Gasteiger partial charge in [-0.15, -0.1) is 0 Å². The van der Waals surface area contributed by atoms with Crippen molar-refractivity contribution in [2.24, 2.45) is 7.05 Å². The normalized spacial score (nSPS) is 17.5. The van der Waals surface area contributed by atoms with Gasteiger partial charge in [0.05, 0.1) is 12.4 Å². The molecule has 1 unspecified atom stereocenters. The van der Waals surface area contributed by atoms with E-state index in [2.05, 4.69) is 20.3 Å².